The molecule has 0 spiro atoms. The molecule has 0 saturated heterocycles. The number of aldehydes is 1. The molecular formula is C15H24O. The Kier molecular flexibility index (Phi) is 4.12. The molecule has 1 nitrogen and oxygen atoms in total. The highest BCUT2D eigenvalue weighted by molar-refractivity contribution is 5.73. The van der Waals surface area contributed by atoms with Crippen LogP contribution in [-0.2, 0) is 4.79 Å². The van der Waals surface area contributed by atoms with Crippen molar-refractivity contribution in [2.45, 2.75) is 53.9 Å². The summed E-state index contributed by atoms with van der Waals surface area (Å²) in [4.78, 5) is 10.8. The van der Waals surface area contributed by atoms with Crippen LogP contribution in [0.15, 0.2) is 22.8 Å². The maximum Gasteiger partial charge on any atom is 0.145 e. The summed E-state index contributed by atoms with van der Waals surface area (Å²) in [6, 6.07) is 0. The van der Waals surface area contributed by atoms with Crippen molar-refractivity contribution < 1.29 is 4.79 Å². The van der Waals surface area contributed by atoms with Gasteiger partial charge < -0.3 is 0 Å². The lowest BCUT2D eigenvalue weighted by atomic mass is 9.66. The molecule has 90 valence electrons. The Balaban J connectivity index is 2.90. The first-order valence-electron chi connectivity index (χ1n) is 6.16. The smallest absolute Gasteiger partial charge is 0.145 e. The fourth-order valence-corrected chi connectivity index (χ4v) is 2.61. The molecule has 0 fully saturated rings. The summed E-state index contributed by atoms with van der Waals surface area (Å²) in [6.45, 7) is 10.9. The molecule has 0 unspecified atom stereocenters. The fourth-order valence-electron chi connectivity index (χ4n) is 2.61. The molecule has 0 aromatic rings. The second-order valence-electron chi connectivity index (χ2n) is 5.81. The molecular weight excluding hydrogens is 196 g/mol. The predicted molar refractivity (Wildman–Crippen MR) is 69.3 cm³/mol. The average Bonchev–Trinajstić information content (AvgIpc) is 2.21. The van der Waals surface area contributed by atoms with E-state index in [0.717, 1.165) is 18.3 Å². The highest BCUT2D eigenvalue weighted by Gasteiger charge is 2.32. The van der Waals surface area contributed by atoms with Gasteiger partial charge in [0.05, 0.1) is 0 Å². The summed E-state index contributed by atoms with van der Waals surface area (Å²) in [5.41, 5.74) is 4.00. The topological polar surface area (TPSA) is 17.1 Å². The molecule has 0 saturated carbocycles. The Morgan fingerprint density at radius 2 is 2.12 bits per heavy atom. The van der Waals surface area contributed by atoms with Crippen LogP contribution in [0.25, 0.3) is 0 Å². The molecule has 0 radical (unpaired) electrons. The van der Waals surface area contributed by atoms with Crippen LogP contribution >= 0.6 is 0 Å². The Bertz CT molecular complexity index is 331. The van der Waals surface area contributed by atoms with Gasteiger partial charge in [0.25, 0.3) is 0 Å². The molecule has 0 N–H and O–H groups in total. The van der Waals surface area contributed by atoms with Crippen molar-refractivity contribution in [1.29, 1.82) is 0 Å². The summed E-state index contributed by atoms with van der Waals surface area (Å²) in [5, 5.41) is 0. The van der Waals surface area contributed by atoms with Crippen LogP contribution in [0.2, 0.25) is 0 Å². The molecule has 1 rings (SSSR count). The molecule has 1 atom stereocenters. The monoisotopic (exact) mass is 220 g/mol. The van der Waals surface area contributed by atoms with Gasteiger partial charge in [-0.25, -0.2) is 0 Å². The first-order chi connectivity index (χ1) is 7.38. The van der Waals surface area contributed by atoms with Crippen molar-refractivity contribution in [3.05, 3.63) is 22.8 Å². The lowest BCUT2D eigenvalue weighted by molar-refractivity contribution is -0.104. The van der Waals surface area contributed by atoms with Gasteiger partial charge in [0.2, 0.25) is 0 Å². The number of hydrogen-bond donors (Lipinski definition) is 0. The third-order valence-corrected chi connectivity index (χ3v) is 4.11. The molecule has 0 aliphatic heterocycles. The lowest BCUT2D eigenvalue weighted by Crippen LogP contribution is -2.28. The van der Waals surface area contributed by atoms with Crippen LogP contribution in [0.1, 0.15) is 53.9 Å². The summed E-state index contributed by atoms with van der Waals surface area (Å²) in [7, 11) is 0. The van der Waals surface area contributed by atoms with E-state index in [2.05, 4.69) is 33.8 Å². The van der Waals surface area contributed by atoms with Crippen LogP contribution < -0.4 is 0 Å². The van der Waals surface area contributed by atoms with Crippen LogP contribution in [0.3, 0.4) is 0 Å². The molecule has 1 aliphatic carbocycles. The third-order valence-electron chi connectivity index (χ3n) is 4.11. The second kappa shape index (κ2) is 4.99. The average molecular weight is 220 g/mol. The largest absolute Gasteiger partial charge is 0.298 e. The van der Waals surface area contributed by atoms with E-state index in [-0.39, 0.29) is 0 Å². The van der Waals surface area contributed by atoms with E-state index in [0.29, 0.717) is 11.3 Å². The zero-order valence-corrected chi connectivity index (χ0v) is 11.3. The van der Waals surface area contributed by atoms with E-state index in [1.807, 2.05) is 6.92 Å². The second-order valence-corrected chi connectivity index (χ2v) is 5.81. The van der Waals surface area contributed by atoms with Crippen molar-refractivity contribution in [3.63, 3.8) is 0 Å². The minimum absolute atomic E-state index is 0.364. The van der Waals surface area contributed by atoms with E-state index in [4.69, 9.17) is 0 Å². The van der Waals surface area contributed by atoms with E-state index >= 15 is 0 Å². The minimum atomic E-state index is 0.364. The van der Waals surface area contributed by atoms with Gasteiger partial charge in [-0.3, -0.25) is 4.79 Å². The van der Waals surface area contributed by atoms with E-state index in [9.17, 15) is 4.79 Å². The Morgan fingerprint density at radius 3 is 2.62 bits per heavy atom. The summed E-state index contributed by atoms with van der Waals surface area (Å²) in [6.07, 6.45) is 6.82. The van der Waals surface area contributed by atoms with Gasteiger partial charge in [0.15, 0.2) is 0 Å². The predicted octanol–water partition coefficient (Wildman–Crippen LogP) is 4.29. The Hall–Kier alpha value is -0.850. The molecule has 0 amide bonds. The molecule has 16 heavy (non-hydrogen) atoms. The highest BCUT2D eigenvalue weighted by Crippen LogP contribution is 2.44. The molecule has 0 aromatic carbocycles. The van der Waals surface area contributed by atoms with E-state index in [1.165, 1.54) is 24.0 Å². The zero-order valence-electron chi connectivity index (χ0n) is 11.3. The summed E-state index contributed by atoms with van der Waals surface area (Å²) in [5.74, 6) is 0.594. The van der Waals surface area contributed by atoms with Crippen molar-refractivity contribution in [1.82, 2.24) is 0 Å². The van der Waals surface area contributed by atoms with Crippen molar-refractivity contribution in [3.8, 4) is 0 Å². The van der Waals surface area contributed by atoms with E-state index < -0.39 is 0 Å². The lowest BCUT2D eigenvalue weighted by Gasteiger charge is -2.39. The first kappa shape index (κ1) is 13.2. The summed E-state index contributed by atoms with van der Waals surface area (Å²) >= 11 is 0. The maximum absolute atomic E-state index is 10.8. The molecule has 1 heteroatoms. The van der Waals surface area contributed by atoms with Gasteiger partial charge in [0.1, 0.15) is 6.29 Å². The zero-order chi connectivity index (χ0) is 12.3. The number of allylic oxidation sites excluding steroid dienone is 4. The SMILES string of the molecule is CC1=CCCC(C)(C)[C@H]1C/C(C)=C(\C)C=O. The Labute approximate surface area is 99.6 Å². The Morgan fingerprint density at radius 1 is 1.50 bits per heavy atom. The van der Waals surface area contributed by atoms with Crippen LogP contribution in [0.4, 0.5) is 0 Å². The number of rotatable bonds is 3. The molecule has 0 bridgehead atoms. The molecule has 0 aromatic heterocycles. The fraction of sp³-hybridized carbons (Fsp3) is 0.667. The standard InChI is InChI=1S/C15H24O/c1-11-7-6-8-15(4,5)14(11)9-12(2)13(3)10-16/h7,10,14H,6,8-9H2,1-5H3/b13-12+/t14-/m0/s1. The van der Waals surface area contributed by atoms with Gasteiger partial charge in [-0.1, -0.05) is 31.1 Å². The van der Waals surface area contributed by atoms with Crippen LogP contribution in [0, 0.1) is 11.3 Å². The summed E-state index contributed by atoms with van der Waals surface area (Å²) < 4.78 is 0. The van der Waals surface area contributed by atoms with Gasteiger partial charge >= 0.3 is 0 Å². The molecule has 1 aliphatic rings. The van der Waals surface area contributed by atoms with Crippen molar-refractivity contribution >= 4 is 6.29 Å². The van der Waals surface area contributed by atoms with E-state index in [1.54, 1.807) is 0 Å². The minimum Gasteiger partial charge on any atom is -0.298 e. The third kappa shape index (κ3) is 2.84. The number of carbonyl (C=O) groups is 1. The van der Waals surface area contributed by atoms with Gasteiger partial charge in [0, 0.05) is 0 Å². The maximum atomic E-state index is 10.8. The van der Waals surface area contributed by atoms with Gasteiger partial charge in [-0.2, -0.15) is 0 Å². The number of carbonyl (C=O) groups excluding carboxylic acids is 1. The quantitative estimate of drug-likeness (QED) is 0.394. The van der Waals surface area contributed by atoms with Gasteiger partial charge in [-0.15, -0.1) is 0 Å². The van der Waals surface area contributed by atoms with Crippen LogP contribution in [0.5, 0.6) is 0 Å². The van der Waals surface area contributed by atoms with Gasteiger partial charge in [-0.05, 0) is 56.9 Å². The van der Waals surface area contributed by atoms with Crippen LogP contribution in [-0.4, -0.2) is 6.29 Å². The van der Waals surface area contributed by atoms with Crippen molar-refractivity contribution in [2.24, 2.45) is 11.3 Å². The first-order valence-corrected chi connectivity index (χ1v) is 6.16. The molecule has 0 heterocycles. The normalized spacial score (nSPS) is 25.8. The number of hydrogen-bond acceptors (Lipinski definition) is 1. The highest BCUT2D eigenvalue weighted by atomic mass is 16.1. The van der Waals surface area contributed by atoms with Crippen molar-refractivity contribution in [2.75, 3.05) is 0 Å².